The Balaban J connectivity index is 2.27. The summed E-state index contributed by atoms with van der Waals surface area (Å²) in [5.74, 6) is 0. The topological polar surface area (TPSA) is 73.0 Å². The maximum absolute atomic E-state index is 10.8. The molecule has 0 atom stereocenters. The van der Waals surface area contributed by atoms with Crippen LogP contribution in [0.2, 0.25) is 0 Å². The highest BCUT2D eigenvalue weighted by atomic mass is 79.9. The van der Waals surface area contributed by atoms with Crippen molar-refractivity contribution in [3.63, 3.8) is 0 Å². The summed E-state index contributed by atoms with van der Waals surface area (Å²) in [4.78, 5) is 10.4. The standard InChI is InChI=1S/C11H11BrN4O2/c1-13-10-4-8(2-3-11(10)16(17)18)6-15-7-9(12)5-14-15/h2-5,7,13H,6H2,1H3. The van der Waals surface area contributed by atoms with Gasteiger partial charge in [-0.25, -0.2) is 0 Å². The molecule has 6 nitrogen and oxygen atoms in total. The van der Waals surface area contributed by atoms with Crippen LogP contribution < -0.4 is 5.32 Å². The number of rotatable bonds is 4. The molecule has 1 N–H and O–H groups in total. The minimum Gasteiger partial charge on any atom is -0.383 e. The number of nitro groups is 1. The molecule has 0 unspecified atom stereocenters. The third-order valence-electron chi connectivity index (χ3n) is 2.47. The van der Waals surface area contributed by atoms with E-state index in [0.717, 1.165) is 10.0 Å². The van der Waals surface area contributed by atoms with E-state index in [0.29, 0.717) is 12.2 Å². The van der Waals surface area contributed by atoms with Crippen LogP contribution in [0.3, 0.4) is 0 Å². The largest absolute Gasteiger partial charge is 0.383 e. The van der Waals surface area contributed by atoms with Gasteiger partial charge < -0.3 is 5.32 Å². The smallest absolute Gasteiger partial charge is 0.292 e. The first-order chi connectivity index (χ1) is 8.60. The van der Waals surface area contributed by atoms with Crippen molar-refractivity contribution < 1.29 is 4.92 Å². The fraction of sp³-hybridized carbons (Fsp3) is 0.182. The number of hydrogen-bond acceptors (Lipinski definition) is 4. The van der Waals surface area contributed by atoms with Gasteiger partial charge in [-0.05, 0) is 27.6 Å². The van der Waals surface area contributed by atoms with Crippen molar-refractivity contribution in [2.75, 3.05) is 12.4 Å². The molecule has 0 bridgehead atoms. The summed E-state index contributed by atoms with van der Waals surface area (Å²) in [6, 6.07) is 4.99. The van der Waals surface area contributed by atoms with E-state index >= 15 is 0 Å². The van der Waals surface area contributed by atoms with Crippen molar-refractivity contribution >= 4 is 27.3 Å². The second-order valence-electron chi connectivity index (χ2n) is 3.71. The molecule has 0 aliphatic carbocycles. The van der Waals surface area contributed by atoms with Gasteiger partial charge in [0.25, 0.3) is 5.69 Å². The molecule has 1 heterocycles. The molecule has 1 aromatic heterocycles. The molecule has 0 aliphatic heterocycles. The highest BCUT2D eigenvalue weighted by Crippen LogP contribution is 2.25. The van der Waals surface area contributed by atoms with Gasteiger partial charge in [0.1, 0.15) is 5.69 Å². The molecule has 0 amide bonds. The number of benzene rings is 1. The lowest BCUT2D eigenvalue weighted by atomic mass is 10.1. The Bertz CT molecular complexity index is 582. The average molecular weight is 311 g/mol. The van der Waals surface area contributed by atoms with E-state index < -0.39 is 4.92 Å². The number of nitro benzene ring substituents is 1. The Hall–Kier alpha value is -1.89. The van der Waals surface area contributed by atoms with Gasteiger partial charge in [-0.3, -0.25) is 14.8 Å². The zero-order valence-corrected chi connectivity index (χ0v) is 11.2. The summed E-state index contributed by atoms with van der Waals surface area (Å²) in [5, 5.41) is 17.8. The number of nitrogens with zero attached hydrogens (tertiary/aromatic N) is 3. The molecule has 2 rings (SSSR count). The van der Waals surface area contributed by atoms with Crippen molar-refractivity contribution in [1.82, 2.24) is 9.78 Å². The van der Waals surface area contributed by atoms with Crippen molar-refractivity contribution in [3.05, 3.63) is 50.7 Å². The van der Waals surface area contributed by atoms with Crippen LogP contribution in [0, 0.1) is 10.1 Å². The van der Waals surface area contributed by atoms with Crippen LogP contribution in [0.1, 0.15) is 5.56 Å². The highest BCUT2D eigenvalue weighted by Gasteiger charge is 2.12. The van der Waals surface area contributed by atoms with E-state index in [1.165, 1.54) is 6.07 Å². The number of aromatic nitrogens is 2. The van der Waals surface area contributed by atoms with Crippen LogP contribution in [0.4, 0.5) is 11.4 Å². The summed E-state index contributed by atoms with van der Waals surface area (Å²) in [7, 11) is 1.66. The molecule has 0 radical (unpaired) electrons. The van der Waals surface area contributed by atoms with Gasteiger partial charge in [0.15, 0.2) is 0 Å². The lowest BCUT2D eigenvalue weighted by Gasteiger charge is -2.06. The van der Waals surface area contributed by atoms with Gasteiger partial charge >= 0.3 is 0 Å². The fourth-order valence-corrected chi connectivity index (χ4v) is 1.98. The molecule has 0 saturated heterocycles. The molecule has 18 heavy (non-hydrogen) atoms. The summed E-state index contributed by atoms with van der Waals surface area (Å²) in [5.41, 5.74) is 1.52. The number of nitrogens with one attached hydrogen (secondary N) is 1. The second-order valence-corrected chi connectivity index (χ2v) is 4.63. The van der Waals surface area contributed by atoms with Gasteiger partial charge in [0.2, 0.25) is 0 Å². The molecular formula is C11H11BrN4O2. The van der Waals surface area contributed by atoms with Crippen molar-refractivity contribution in [3.8, 4) is 0 Å². The summed E-state index contributed by atoms with van der Waals surface area (Å²) in [6.07, 6.45) is 3.55. The predicted molar refractivity (Wildman–Crippen MR) is 71.7 cm³/mol. The van der Waals surface area contributed by atoms with Gasteiger partial charge in [-0.2, -0.15) is 5.10 Å². The van der Waals surface area contributed by atoms with E-state index in [2.05, 4.69) is 26.3 Å². The predicted octanol–water partition coefficient (Wildman–Crippen LogP) is 2.64. The minimum absolute atomic E-state index is 0.0721. The number of hydrogen-bond donors (Lipinski definition) is 1. The molecule has 7 heteroatoms. The Kier molecular flexibility index (Phi) is 3.61. The molecule has 1 aromatic carbocycles. The van der Waals surface area contributed by atoms with E-state index in [1.807, 2.05) is 6.20 Å². The Labute approximate surface area is 112 Å². The van der Waals surface area contributed by atoms with E-state index in [9.17, 15) is 10.1 Å². The molecular weight excluding hydrogens is 300 g/mol. The molecule has 2 aromatic rings. The third-order valence-corrected chi connectivity index (χ3v) is 2.88. The first-order valence-corrected chi connectivity index (χ1v) is 6.02. The van der Waals surface area contributed by atoms with Crippen molar-refractivity contribution in [1.29, 1.82) is 0 Å². The highest BCUT2D eigenvalue weighted by molar-refractivity contribution is 9.10. The van der Waals surface area contributed by atoms with Gasteiger partial charge in [-0.15, -0.1) is 0 Å². The van der Waals surface area contributed by atoms with Crippen LogP contribution in [-0.4, -0.2) is 21.8 Å². The van der Waals surface area contributed by atoms with Crippen LogP contribution in [-0.2, 0) is 6.54 Å². The zero-order valence-electron chi connectivity index (χ0n) is 9.63. The minimum atomic E-state index is -0.403. The first kappa shape index (κ1) is 12.6. The zero-order chi connectivity index (χ0) is 13.1. The maximum atomic E-state index is 10.8. The lowest BCUT2D eigenvalue weighted by Crippen LogP contribution is -2.02. The summed E-state index contributed by atoms with van der Waals surface area (Å²) >= 11 is 3.32. The van der Waals surface area contributed by atoms with Crippen LogP contribution >= 0.6 is 15.9 Å². The molecule has 0 saturated carbocycles. The number of halogens is 1. The van der Waals surface area contributed by atoms with Gasteiger partial charge in [0.05, 0.1) is 22.1 Å². The molecule has 0 spiro atoms. The third kappa shape index (κ3) is 2.67. The Morgan fingerprint density at radius 2 is 2.33 bits per heavy atom. The van der Waals surface area contributed by atoms with Crippen LogP contribution in [0.25, 0.3) is 0 Å². The summed E-state index contributed by atoms with van der Waals surface area (Å²) < 4.78 is 2.66. The van der Waals surface area contributed by atoms with E-state index in [4.69, 9.17) is 0 Å². The van der Waals surface area contributed by atoms with Crippen molar-refractivity contribution in [2.45, 2.75) is 6.54 Å². The Morgan fingerprint density at radius 1 is 1.56 bits per heavy atom. The summed E-state index contributed by atoms with van der Waals surface area (Å²) in [6.45, 7) is 0.568. The molecule has 0 aliphatic rings. The lowest BCUT2D eigenvalue weighted by molar-refractivity contribution is -0.383. The monoisotopic (exact) mass is 310 g/mol. The normalized spacial score (nSPS) is 10.3. The second kappa shape index (κ2) is 5.18. The van der Waals surface area contributed by atoms with Crippen LogP contribution in [0.5, 0.6) is 0 Å². The van der Waals surface area contributed by atoms with Crippen LogP contribution in [0.15, 0.2) is 35.1 Å². The van der Waals surface area contributed by atoms with Crippen molar-refractivity contribution in [2.24, 2.45) is 0 Å². The quantitative estimate of drug-likeness (QED) is 0.696. The average Bonchev–Trinajstić information content (AvgIpc) is 2.74. The Morgan fingerprint density at radius 3 is 2.89 bits per heavy atom. The van der Waals surface area contributed by atoms with E-state index in [-0.39, 0.29) is 5.69 Å². The van der Waals surface area contributed by atoms with E-state index in [1.54, 1.807) is 30.1 Å². The SMILES string of the molecule is CNc1cc(Cn2cc(Br)cn2)ccc1[N+](=O)[O-]. The number of anilines is 1. The fourth-order valence-electron chi connectivity index (χ4n) is 1.65. The van der Waals surface area contributed by atoms with Gasteiger partial charge in [-0.1, -0.05) is 6.07 Å². The molecule has 94 valence electrons. The maximum Gasteiger partial charge on any atom is 0.292 e. The molecule has 0 fully saturated rings. The first-order valence-electron chi connectivity index (χ1n) is 5.23. The van der Waals surface area contributed by atoms with Gasteiger partial charge in [0, 0.05) is 19.3 Å².